The van der Waals surface area contributed by atoms with E-state index in [0.717, 1.165) is 10.5 Å². The highest BCUT2D eigenvalue weighted by atomic mass is 35.5. The van der Waals surface area contributed by atoms with E-state index >= 15 is 0 Å². The molecule has 0 saturated carbocycles. The van der Waals surface area contributed by atoms with Crippen molar-refractivity contribution in [3.8, 4) is 11.5 Å². The van der Waals surface area contributed by atoms with Crippen LogP contribution in [0.3, 0.4) is 0 Å². The molecule has 0 atom stereocenters. The van der Waals surface area contributed by atoms with E-state index in [0.29, 0.717) is 45.7 Å². The second-order valence-electron chi connectivity index (χ2n) is 8.38. The van der Waals surface area contributed by atoms with Gasteiger partial charge in [0.15, 0.2) is 16.6 Å². The molecule has 0 spiro atoms. The minimum absolute atomic E-state index is 0.0631. The first-order valence-corrected chi connectivity index (χ1v) is 13.0. The van der Waals surface area contributed by atoms with Crippen LogP contribution in [0.4, 0.5) is 10.1 Å². The number of amides is 2. The molecule has 1 saturated heterocycles. The Morgan fingerprint density at radius 1 is 1.08 bits per heavy atom. The minimum Gasteiger partial charge on any atom is -0.490 e. The Kier molecular flexibility index (Phi) is 9.01. The number of nitrogens with zero attached hydrogens (tertiary/aromatic N) is 1. The van der Waals surface area contributed by atoms with Crippen LogP contribution in [0, 0.1) is 5.82 Å². The monoisotopic (exact) mass is 584 g/mol. The molecular formula is C29H23Cl2FN2O4S. The summed E-state index contributed by atoms with van der Waals surface area (Å²) in [6, 6.07) is 14.3. The number of thiocarbonyl (C=S) groups is 1. The molecule has 4 rings (SSSR count). The number of rotatable bonds is 9. The van der Waals surface area contributed by atoms with Gasteiger partial charge in [-0.05, 0) is 79.2 Å². The molecule has 0 bridgehead atoms. The molecule has 2 amide bonds. The van der Waals surface area contributed by atoms with E-state index in [-0.39, 0.29) is 23.0 Å². The number of hydrogen-bond acceptors (Lipinski definition) is 5. The number of halogens is 3. The average Bonchev–Trinajstić information content (AvgIpc) is 2.89. The van der Waals surface area contributed by atoms with Gasteiger partial charge in [0.1, 0.15) is 18.0 Å². The number of benzene rings is 3. The Hall–Kier alpha value is -3.72. The second kappa shape index (κ2) is 12.4. The van der Waals surface area contributed by atoms with E-state index < -0.39 is 17.6 Å². The predicted octanol–water partition coefficient (Wildman–Crippen LogP) is 6.67. The average molecular weight is 585 g/mol. The summed E-state index contributed by atoms with van der Waals surface area (Å²) < 4.78 is 26.5. The van der Waals surface area contributed by atoms with Gasteiger partial charge in [0.05, 0.1) is 22.3 Å². The third-order valence-corrected chi connectivity index (χ3v) is 6.72. The van der Waals surface area contributed by atoms with Gasteiger partial charge >= 0.3 is 0 Å². The van der Waals surface area contributed by atoms with Crippen molar-refractivity contribution in [1.29, 1.82) is 0 Å². The SMILES string of the molecule is C=CCc1cc(/C=C2\C(=O)NC(=S)N(c3ccccc3F)C2=O)cc(OCC)c1OCc1ccc(Cl)c(Cl)c1. The summed E-state index contributed by atoms with van der Waals surface area (Å²) in [5, 5.41) is 3.11. The number of carbonyl (C=O) groups is 2. The van der Waals surface area contributed by atoms with E-state index in [2.05, 4.69) is 11.9 Å². The molecule has 6 nitrogen and oxygen atoms in total. The van der Waals surface area contributed by atoms with Crippen LogP contribution in [0.2, 0.25) is 10.0 Å². The maximum Gasteiger partial charge on any atom is 0.270 e. The Labute approximate surface area is 240 Å². The largest absolute Gasteiger partial charge is 0.490 e. The molecule has 0 aromatic heterocycles. The maximum absolute atomic E-state index is 14.5. The molecule has 1 aliphatic heterocycles. The number of nitrogens with one attached hydrogen (secondary N) is 1. The number of anilines is 1. The zero-order valence-electron chi connectivity index (χ0n) is 20.8. The summed E-state index contributed by atoms with van der Waals surface area (Å²) >= 11 is 17.3. The van der Waals surface area contributed by atoms with Crippen LogP contribution < -0.4 is 19.7 Å². The topological polar surface area (TPSA) is 67.9 Å². The van der Waals surface area contributed by atoms with Crippen LogP contribution in [-0.4, -0.2) is 23.5 Å². The number of ether oxygens (including phenoxy) is 2. The third-order valence-electron chi connectivity index (χ3n) is 5.69. The van der Waals surface area contributed by atoms with Crippen molar-refractivity contribution in [2.75, 3.05) is 11.5 Å². The van der Waals surface area contributed by atoms with Crippen LogP contribution >= 0.6 is 35.4 Å². The lowest BCUT2D eigenvalue weighted by molar-refractivity contribution is -0.122. The number of carbonyl (C=O) groups excluding carboxylic acids is 2. The van der Waals surface area contributed by atoms with Crippen LogP contribution in [0.15, 0.2) is 72.8 Å². The van der Waals surface area contributed by atoms with Crippen molar-refractivity contribution in [3.63, 3.8) is 0 Å². The summed E-state index contributed by atoms with van der Waals surface area (Å²) in [6.45, 7) is 6.18. The molecule has 0 aliphatic carbocycles. The zero-order valence-corrected chi connectivity index (χ0v) is 23.1. The fraction of sp³-hybridized carbons (Fsp3) is 0.138. The maximum atomic E-state index is 14.5. The van der Waals surface area contributed by atoms with Gasteiger partial charge in [-0.25, -0.2) is 9.29 Å². The highest BCUT2D eigenvalue weighted by Gasteiger charge is 2.35. The zero-order chi connectivity index (χ0) is 28.1. The van der Waals surface area contributed by atoms with Crippen molar-refractivity contribution < 1.29 is 23.5 Å². The summed E-state index contributed by atoms with van der Waals surface area (Å²) in [6.07, 6.45) is 3.52. The van der Waals surface area contributed by atoms with Crippen molar-refractivity contribution in [2.45, 2.75) is 20.0 Å². The van der Waals surface area contributed by atoms with Crippen LogP contribution in [0.25, 0.3) is 6.08 Å². The van der Waals surface area contributed by atoms with Gasteiger partial charge in [-0.2, -0.15) is 0 Å². The van der Waals surface area contributed by atoms with Gasteiger partial charge in [-0.3, -0.25) is 14.9 Å². The molecule has 1 N–H and O–H groups in total. The van der Waals surface area contributed by atoms with Crippen LogP contribution in [-0.2, 0) is 22.6 Å². The molecule has 0 radical (unpaired) electrons. The molecule has 0 unspecified atom stereocenters. The summed E-state index contributed by atoms with van der Waals surface area (Å²) in [5.41, 5.74) is 1.73. The third kappa shape index (κ3) is 6.30. The minimum atomic E-state index is -0.753. The van der Waals surface area contributed by atoms with Crippen LogP contribution in [0.1, 0.15) is 23.6 Å². The lowest BCUT2D eigenvalue weighted by Gasteiger charge is -2.29. The highest BCUT2D eigenvalue weighted by Crippen LogP contribution is 2.36. The second-order valence-corrected chi connectivity index (χ2v) is 9.58. The summed E-state index contributed by atoms with van der Waals surface area (Å²) in [7, 11) is 0. The molecule has 1 heterocycles. The molecule has 3 aromatic rings. The Balaban J connectivity index is 1.72. The fourth-order valence-electron chi connectivity index (χ4n) is 3.96. The lowest BCUT2D eigenvalue weighted by atomic mass is 10.0. The molecule has 39 heavy (non-hydrogen) atoms. The van der Waals surface area contributed by atoms with Gasteiger partial charge < -0.3 is 9.47 Å². The van der Waals surface area contributed by atoms with Crippen molar-refractivity contribution in [3.05, 3.63) is 105 Å². The van der Waals surface area contributed by atoms with Crippen LogP contribution in [0.5, 0.6) is 11.5 Å². The number of para-hydroxylation sites is 1. The van der Waals surface area contributed by atoms with Gasteiger partial charge in [0.2, 0.25) is 0 Å². The van der Waals surface area contributed by atoms with Gasteiger partial charge in [-0.15, -0.1) is 6.58 Å². The van der Waals surface area contributed by atoms with Gasteiger partial charge in [0.25, 0.3) is 11.8 Å². The first kappa shape index (κ1) is 28.3. The smallest absolute Gasteiger partial charge is 0.270 e. The molecule has 1 fully saturated rings. The molecule has 1 aliphatic rings. The molecule has 3 aromatic carbocycles. The molecule has 200 valence electrons. The Bertz CT molecular complexity index is 1510. The van der Waals surface area contributed by atoms with Crippen molar-refractivity contribution >= 4 is 64.1 Å². The van der Waals surface area contributed by atoms with Gasteiger partial charge in [0, 0.05) is 5.56 Å². The Morgan fingerprint density at radius 2 is 1.85 bits per heavy atom. The van der Waals surface area contributed by atoms with Crippen molar-refractivity contribution in [1.82, 2.24) is 5.32 Å². The van der Waals surface area contributed by atoms with E-state index in [4.69, 9.17) is 44.9 Å². The van der Waals surface area contributed by atoms with Crippen molar-refractivity contribution in [2.24, 2.45) is 0 Å². The number of allylic oxidation sites excluding steroid dienone is 1. The van der Waals surface area contributed by atoms with E-state index in [1.165, 1.54) is 24.3 Å². The molecular weight excluding hydrogens is 562 g/mol. The normalized spacial score (nSPS) is 14.4. The Morgan fingerprint density at radius 3 is 2.54 bits per heavy atom. The van der Waals surface area contributed by atoms with Gasteiger partial charge in [-0.1, -0.05) is 47.5 Å². The first-order valence-electron chi connectivity index (χ1n) is 11.9. The first-order chi connectivity index (χ1) is 18.7. The summed E-state index contributed by atoms with van der Waals surface area (Å²) in [4.78, 5) is 27.1. The highest BCUT2D eigenvalue weighted by molar-refractivity contribution is 7.80. The lowest BCUT2D eigenvalue weighted by Crippen LogP contribution is -2.54. The standard InChI is InChI=1S/C29H23Cl2FN2O4S/c1-3-7-19-12-18(15-25(37-4-2)26(19)38-16-17-10-11-21(30)22(31)14-17)13-20-27(35)33-29(39)34(28(20)36)24-9-6-5-8-23(24)32/h3,5-6,8-15H,1,4,7,16H2,2H3,(H,33,35,39)/b20-13+. The predicted molar refractivity (Wildman–Crippen MR) is 155 cm³/mol. The quantitative estimate of drug-likeness (QED) is 0.132. The molecule has 10 heteroatoms. The summed E-state index contributed by atoms with van der Waals surface area (Å²) in [5.74, 6) is -1.20. The van der Waals surface area contributed by atoms with E-state index in [9.17, 15) is 14.0 Å². The van der Waals surface area contributed by atoms with E-state index in [1.54, 1.807) is 42.5 Å². The fourth-order valence-corrected chi connectivity index (χ4v) is 4.56. The van der Waals surface area contributed by atoms with E-state index in [1.807, 2.05) is 6.92 Å². The number of hydrogen-bond donors (Lipinski definition) is 1.